The van der Waals surface area contributed by atoms with Crippen molar-refractivity contribution in [3.63, 3.8) is 0 Å². The van der Waals surface area contributed by atoms with Crippen LogP contribution < -0.4 is 9.64 Å². The predicted molar refractivity (Wildman–Crippen MR) is 105 cm³/mol. The van der Waals surface area contributed by atoms with Gasteiger partial charge in [0.2, 0.25) is 5.91 Å². The molecule has 0 aromatic heterocycles. The highest BCUT2D eigenvalue weighted by Crippen LogP contribution is 2.35. The van der Waals surface area contributed by atoms with Gasteiger partial charge in [-0.25, -0.2) is 5.01 Å². The van der Waals surface area contributed by atoms with Crippen LogP contribution in [0.2, 0.25) is 0 Å². The minimum Gasteiger partial charge on any atom is -0.497 e. The van der Waals surface area contributed by atoms with E-state index in [4.69, 9.17) is 4.74 Å². The molecular formula is C21H25N3O2. The van der Waals surface area contributed by atoms with E-state index < -0.39 is 0 Å². The van der Waals surface area contributed by atoms with Crippen LogP contribution in [0.5, 0.6) is 5.75 Å². The fourth-order valence-electron chi connectivity index (χ4n) is 3.15. The molecule has 1 aliphatic rings. The number of nitrogens with zero attached hydrogens (tertiary/aromatic N) is 3. The van der Waals surface area contributed by atoms with Gasteiger partial charge in [-0.1, -0.05) is 31.2 Å². The standard InChI is InChI=1S/C21H25N3O2/c1-5-21(25)24-20(16-9-7-11-18(13-16)26-4)14-19(22-24)15-8-6-10-17(12-15)23(2)3/h6-13,20H,5,14H2,1-4H3. The van der Waals surface area contributed by atoms with Crippen molar-refractivity contribution in [1.29, 1.82) is 0 Å². The molecule has 0 saturated carbocycles. The molecule has 2 aromatic rings. The number of hydrazone groups is 1. The third-order valence-corrected chi connectivity index (χ3v) is 4.64. The van der Waals surface area contributed by atoms with Crippen LogP contribution in [0.15, 0.2) is 53.6 Å². The lowest BCUT2D eigenvalue weighted by atomic mass is 9.98. The van der Waals surface area contributed by atoms with E-state index >= 15 is 0 Å². The lowest BCUT2D eigenvalue weighted by Crippen LogP contribution is -2.26. The maximum absolute atomic E-state index is 12.5. The summed E-state index contributed by atoms with van der Waals surface area (Å²) in [7, 11) is 5.68. The topological polar surface area (TPSA) is 45.1 Å². The molecule has 5 heteroatoms. The number of amides is 1. The smallest absolute Gasteiger partial charge is 0.242 e. The Hall–Kier alpha value is -2.82. The second-order valence-corrected chi connectivity index (χ2v) is 6.58. The highest BCUT2D eigenvalue weighted by atomic mass is 16.5. The van der Waals surface area contributed by atoms with Gasteiger partial charge in [0, 0.05) is 32.6 Å². The Kier molecular flexibility index (Phi) is 5.26. The number of ether oxygens (including phenoxy) is 1. The summed E-state index contributed by atoms with van der Waals surface area (Å²) in [6.45, 7) is 1.87. The van der Waals surface area contributed by atoms with Gasteiger partial charge in [0.15, 0.2) is 0 Å². The van der Waals surface area contributed by atoms with Crippen LogP contribution in [0.3, 0.4) is 0 Å². The molecule has 1 amide bonds. The van der Waals surface area contributed by atoms with Crippen molar-refractivity contribution in [2.45, 2.75) is 25.8 Å². The highest BCUT2D eigenvalue weighted by molar-refractivity contribution is 6.03. The van der Waals surface area contributed by atoms with Crippen LogP contribution >= 0.6 is 0 Å². The first kappa shape index (κ1) is 18.0. The van der Waals surface area contributed by atoms with Crippen molar-refractivity contribution in [1.82, 2.24) is 5.01 Å². The quantitative estimate of drug-likeness (QED) is 0.822. The summed E-state index contributed by atoms with van der Waals surface area (Å²) in [6.07, 6.45) is 1.12. The number of carbonyl (C=O) groups is 1. The van der Waals surface area contributed by atoms with Gasteiger partial charge in [0.25, 0.3) is 0 Å². The van der Waals surface area contributed by atoms with Gasteiger partial charge >= 0.3 is 0 Å². The van der Waals surface area contributed by atoms with E-state index in [2.05, 4.69) is 22.1 Å². The number of rotatable bonds is 5. The average Bonchev–Trinajstić information content (AvgIpc) is 3.13. The lowest BCUT2D eigenvalue weighted by molar-refractivity contribution is -0.132. The monoisotopic (exact) mass is 351 g/mol. The van der Waals surface area contributed by atoms with E-state index in [1.165, 1.54) is 0 Å². The van der Waals surface area contributed by atoms with Crippen LogP contribution in [0, 0.1) is 0 Å². The van der Waals surface area contributed by atoms with Crippen molar-refractivity contribution in [3.8, 4) is 5.75 Å². The average molecular weight is 351 g/mol. The SMILES string of the molecule is CCC(=O)N1N=C(c2cccc(N(C)C)c2)CC1c1cccc(OC)c1. The molecule has 5 nitrogen and oxygen atoms in total. The minimum atomic E-state index is -0.101. The third-order valence-electron chi connectivity index (χ3n) is 4.64. The first-order valence-corrected chi connectivity index (χ1v) is 8.84. The van der Waals surface area contributed by atoms with Crippen molar-refractivity contribution in [3.05, 3.63) is 59.7 Å². The maximum atomic E-state index is 12.5. The number of hydrogen-bond donors (Lipinski definition) is 0. The van der Waals surface area contributed by atoms with Gasteiger partial charge in [-0.3, -0.25) is 4.79 Å². The zero-order valence-electron chi connectivity index (χ0n) is 15.8. The summed E-state index contributed by atoms with van der Waals surface area (Å²) in [5.41, 5.74) is 4.14. The molecule has 2 aromatic carbocycles. The molecule has 1 aliphatic heterocycles. The molecule has 0 spiro atoms. The molecule has 26 heavy (non-hydrogen) atoms. The van der Waals surface area contributed by atoms with Gasteiger partial charge in [0.05, 0.1) is 18.9 Å². The van der Waals surface area contributed by atoms with E-state index in [1.54, 1.807) is 12.1 Å². The molecule has 0 fully saturated rings. The van der Waals surface area contributed by atoms with E-state index in [9.17, 15) is 4.79 Å². The Morgan fingerprint density at radius 1 is 1.23 bits per heavy atom. The summed E-state index contributed by atoms with van der Waals surface area (Å²) in [4.78, 5) is 14.5. The van der Waals surface area contributed by atoms with E-state index in [1.807, 2.05) is 57.4 Å². The zero-order valence-corrected chi connectivity index (χ0v) is 15.8. The Morgan fingerprint density at radius 2 is 2.00 bits per heavy atom. The number of anilines is 1. The number of benzene rings is 2. The van der Waals surface area contributed by atoms with E-state index in [0.717, 1.165) is 28.3 Å². The number of hydrogen-bond acceptors (Lipinski definition) is 4. The Morgan fingerprint density at radius 3 is 2.69 bits per heavy atom. The molecule has 0 aliphatic carbocycles. The molecule has 1 atom stereocenters. The van der Waals surface area contributed by atoms with Crippen LogP contribution in [0.4, 0.5) is 5.69 Å². The van der Waals surface area contributed by atoms with Crippen molar-refractivity contribution in [2.24, 2.45) is 5.10 Å². The van der Waals surface area contributed by atoms with Crippen molar-refractivity contribution < 1.29 is 9.53 Å². The zero-order chi connectivity index (χ0) is 18.7. The summed E-state index contributed by atoms with van der Waals surface area (Å²) >= 11 is 0. The van der Waals surface area contributed by atoms with Gasteiger partial charge < -0.3 is 9.64 Å². The molecular weight excluding hydrogens is 326 g/mol. The van der Waals surface area contributed by atoms with Crippen LogP contribution in [0.1, 0.15) is 36.9 Å². The van der Waals surface area contributed by atoms with E-state index in [-0.39, 0.29) is 11.9 Å². The minimum absolute atomic E-state index is 0.0246. The Balaban J connectivity index is 1.96. The first-order chi connectivity index (χ1) is 12.5. The molecule has 136 valence electrons. The number of carbonyl (C=O) groups excluding carboxylic acids is 1. The summed E-state index contributed by atoms with van der Waals surface area (Å²) < 4.78 is 5.34. The second-order valence-electron chi connectivity index (χ2n) is 6.58. The summed E-state index contributed by atoms with van der Waals surface area (Å²) in [6, 6.07) is 16.0. The molecule has 0 radical (unpaired) electrons. The molecule has 1 heterocycles. The van der Waals surface area contributed by atoms with E-state index in [0.29, 0.717) is 12.8 Å². The first-order valence-electron chi connectivity index (χ1n) is 8.84. The fraction of sp³-hybridized carbons (Fsp3) is 0.333. The van der Waals surface area contributed by atoms with Crippen LogP contribution in [-0.4, -0.2) is 37.8 Å². The molecule has 0 bridgehead atoms. The Bertz CT molecular complexity index is 830. The third kappa shape index (κ3) is 3.57. The van der Waals surface area contributed by atoms with Crippen molar-refractivity contribution in [2.75, 3.05) is 26.1 Å². The normalized spacial score (nSPS) is 16.4. The van der Waals surface area contributed by atoms with Crippen LogP contribution in [-0.2, 0) is 4.79 Å². The van der Waals surface area contributed by atoms with Crippen LogP contribution in [0.25, 0.3) is 0 Å². The largest absolute Gasteiger partial charge is 0.497 e. The second kappa shape index (κ2) is 7.60. The van der Waals surface area contributed by atoms with Crippen molar-refractivity contribution >= 4 is 17.3 Å². The Labute approximate surface area is 154 Å². The predicted octanol–water partition coefficient (Wildman–Crippen LogP) is 3.85. The van der Waals surface area contributed by atoms with Gasteiger partial charge in [-0.05, 0) is 35.4 Å². The summed E-state index contributed by atoms with van der Waals surface area (Å²) in [5.74, 6) is 0.811. The molecule has 0 saturated heterocycles. The summed E-state index contributed by atoms with van der Waals surface area (Å²) in [5, 5.41) is 6.32. The lowest BCUT2D eigenvalue weighted by Gasteiger charge is -2.21. The molecule has 0 N–H and O–H groups in total. The molecule has 1 unspecified atom stereocenters. The molecule has 3 rings (SSSR count). The maximum Gasteiger partial charge on any atom is 0.242 e. The fourth-order valence-corrected chi connectivity index (χ4v) is 3.15. The highest BCUT2D eigenvalue weighted by Gasteiger charge is 2.32. The number of methoxy groups -OCH3 is 1. The van der Waals surface area contributed by atoms with Gasteiger partial charge in [-0.2, -0.15) is 5.10 Å². The van der Waals surface area contributed by atoms with Gasteiger partial charge in [-0.15, -0.1) is 0 Å². The van der Waals surface area contributed by atoms with Gasteiger partial charge in [0.1, 0.15) is 5.75 Å².